The molecule has 2 N–H and O–H groups in total. The summed E-state index contributed by atoms with van der Waals surface area (Å²) in [5.41, 5.74) is 6.75. The lowest BCUT2D eigenvalue weighted by atomic mass is 10.1. The van der Waals surface area contributed by atoms with Crippen molar-refractivity contribution in [2.24, 2.45) is 18.7 Å². The van der Waals surface area contributed by atoms with Gasteiger partial charge in [0.25, 0.3) is 5.56 Å². The number of aryl methyl sites for hydroxylation is 1. The van der Waals surface area contributed by atoms with Crippen molar-refractivity contribution in [1.82, 2.24) is 9.55 Å². The minimum Gasteiger partial charge on any atom is -0.490 e. The number of nitrogens with zero attached hydrogens (tertiary/aromatic N) is 2. The topological polar surface area (TPSA) is 70.1 Å². The number of halogens is 1. The molecule has 0 spiro atoms. The van der Waals surface area contributed by atoms with Crippen LogP contribution in [0.3, 0.4) is 0 Å². The van der Waals surface area contributed by atoms with Crippen LogP contribution in [-0.4, -0.2) is 22.2 Å². The summed E-state index contributed by atoms with van der Waals surface area (Å²) in [5, 5.41) is 2.79. The Bertz CT molecular complexity index is 982. The summed E-state index contributed by atoms with van der Waals surface area (Å²) < 4.78 is 7.42. The molecule has 0 amide bonds. The van der Waals surface area contributed by atoms with Crippen LogP contribution in [0.25, 0.3) is 21.7 Å². The van der Waals surface area contributed by atoms with E-state index in [9.17, 15) is 4.79 Å². The highest BCUT2D eigenvalue weighted by atomic mass is 35.5. The van der Waals surface area contributed by atoms with E-state index < -0.39 is 0 Å². The largest absolute Gasteiger partial charge is 0.490 e. The molecule has 0 fully saturated rings. The van der Waals surface area contributed by atoms with E-state index in [-0.39, 0.29) is 11.6 Å². The quantitative estimate of drug-likeness (QED) is 0.708. The molecule has 1 aromatic carbocycles. The molecule has 0 saturated carbocycles. The Labute approximate surface area is 151 Å². The Morgan fingerprint density at radius 2 is 2.04 bits per heavy atom. The van der Waals surface area contributed by atoms with E-state index in [1.54, 1.807) is 30.1 Å². The Morgan fingerprint density at radius 3 is 2.76 bits per heavy atom. The molecule has 0 aliphatic heterocycles. The zero-order valence-electron chi connectivity index (χ0n) is 14.6. The zero-order chi connectivity index (χ0) is 18.1. The first-order valence-electron chi connectivity index (χ1n) is 8.32. The molecule has 1 atom stereocenters. The number of benzene rings is 1. The van der Waals surface area contributed by atoms with Gasteiger partial charge in [0.05, 0.1) is 15.9 Å². The summed E-state index contributed by atoms with van der Waals surface area (Å²) in [7, 11) is 1.74. The van der Waals surface area contributed by atoms with E-state index in [1.165, 1.54) is 0 Å². The first kappa shape index (κ1) is 17.7. The van der Waals surface area contributed by atoms with Gasteiger partial charge in [-0.25, -0.2) is 0 Å². The summed E-state index contributed by atoms with van der Waals surface area (Å²) >= 11 is 6.42. The highest BCUT2D eigenvalue weighted by Gasteiger charge is 2.14. The van der Waals surface area contributed by atoms with Gasteiger partial charge < -0.3 is 15.0 Å². The summed E-state index contributed by atoms with van der Waals surface area (Å²) in [6, 6.07) is 5.41. The van der Waals surface area contributed by atoms with E-state index in [4.69, 9.17) is 22.1 Å². The van der Waals surface area contributed by atoms with E-state index in [0.29, 0.717) is 28.7 Å². The molecular formula is C19H22ClN3O2. The maximum Gasteiger partial charge on any atom is 0.260 e. The molecule has 3 rings (SSSR count). The predicted molar refractivity (Wildman–Crippen MR) is 102 cm³/mol. The summed E-state index contributed by atoms with van der Waals surface area (Å²) in [4.78, 5) is 16.6. The number of ether oxygens (including phenoxy) is 1. The third-order valence-electron chi connectivity index (χ3n) is 4.28. The first-order chi connectivity index (χ1) is 11.9. The number of hydrogen-bond acceptors (Lipinski definition) is 4. The molecule has 3 aromatic rings. The Morgan fingerprint density at radius 1 is 1.28 bits per heavy atom. The normalized spacial score (nSPS) is 12.9. The fourth-order valence-electron chi connectivity index (χ4n) is 3.11. The summed E-state index contributed by atoms with van der Waals surface area (Å²) in [6.45, 7) is 4.63. The van der Waals surface area contributed by atoms with Crippen LogP contribution in [0.15, 0.2) is 35.4 Å². The number of fused-ring (bicyclic) bond motifs is 3. The van der Waals surface area contributed by atoms with Crippen LogP contribution in [0.2, 0.25) is 5.02 Å². The average molecular weight is 360 g/mol. The molecule has 1 unspecified atom stereocenters. The molecule has 0 aliphatic rings. The van der Waals surface area contributed by atoms with Crippen molar-refractivity contribution < 1.29 is 4.74 Å². The number of nitrogens with two attached hydrogens (primary N) is 1. The van der Waals surface area contributed by atoms with Gasteiger partial charge in [0.15, 0.2) is 0 Å². The van der Waals surface area contributed by atoms with Crippen LogP contribution < -0.4 is 16.0 Å². The monoisotopic (exact) mass is 359 g/mol. The van der Waals surface area contributed by atoms with Crippen molar-refractivity contribution >= 4 is 33.3 Å². The maximum absolute atomic E-state index is 12.6. The van der Waals surface area contributed by atoms with Gasteiger partial charge in [-0.15, -0.1) is 0 Å². The van der Waals surface area contributed by atoms with Gasteiger partial charge >= 0.3 is 0 Å². The minimum absolute atomic E-state index is 0.0572. The molecule has 0 radical (unpaired) electrons. The third-order valence-corrected chi connectivity index (χ3v) is 4.58. The number of pyridine rings is 2. The SMILES string of the molecule is CC(C)CC(N)COc1cc2c(cc1Cl)c1ccncc1c(=O)n2C. The smallest absolute Gasteiger partial charge is 0.260 e. The standard InChI is InChI=1S/C19H22ClN3O2/c1-11(2)6-12(21)10-25-18-8-17-14(7-16(18)20)13-4-5-22-9-15(13)19(24)23(17)3/h4-5,7-9,11-12H,6,10,21H2,1-3H3. The van der Waals surface area contributed by atoms with Gasteiger partial charge in [0.1, 0.15) is 12.4 Å². The van der Waals surface area contributed by atoms with Gasteiger partial charge in [-0.1, -0.05) is 25.4 Å². The second-order valence-corrected chi connectivity index (χ2v) is 7.19. The second kappa shape index (κ2) is 7.02. The molecule has 132 valence electrons. The second-order valence-electron chi connectivity index (χ2n) is 6.79. The molecular weight excluding hydrogens is 338 g/mol. The molecule has 2 aromatic heterocycles. The van der Waals surface area contributed by atoms with Gasteiger partial charge in [0, 0.05) is 36.9 Å². The third kappa shape index (κ3) is 3.48. The number of aromatic nitrogens is 2. The molecule has 25 heavy (non-hydrogen) atoms. The highest BCUT2D eigenvalue weighted by molar-refractivity contribution is 6.33. The lowest BCUT2D eigenvalue weighted by molar-refractivity contribution is 0.271. The van der Waals surface area contributed by atoms with Gasteiger partial charge in [0.2, 0.25) is 0 Å². The van der Waals surface area contributed by atoms with Crippen molar-refractivity contribution in [3.05, 3.63) is 46.0 Å². The number of rotatable bonds is 5. The lowest BCUT2D eigenvalue weighted by Gasteiger charge is -2.17. The minimum atomic E-state index is -0.0969. The molecule has 0 aliphatic carbocycles. The highest BCUT2D eigenvalue weighted by Crippen LogP contribution is 2.32. The Kier molecular flexibility index (Phi) is 4.97. The van der Waals surface area contributed by atoms with Crippen molar-refractivity contribution in [3.63, 3.8) is 0 Å². The van der Waals surface area contributed by atoms with Crippen molar-refractivity contribution in [2.75, 3.05) is 6.61 Å². The maximum atomic E-state index is 12.6. The molecule has 0 saturated heterocycles. The van der Waals surface area contributed by atoms with Crippen LogP contribution in [-0.2, 0) is 7.05 Å². The molecule has 0 bridgehead atoms. The van der Waals surface area contributed by atoms with Crippen LogP contribution in [0.1, 0.15) is 20.3 Å². The van der Waals surface area contributed by atoms with Gasteiger partial charge in [-0.05, 0) is 29.9 Å². The van der Waals surface area contributed by atoms with Crippen LogP contribution in [0, 0.1) is 5.92 Å². The van der Waals surface area contributed by atoms with Crippen LogP contribution >= 0.6 is 11.6 Å². The first-order valence-corrected chi connectivity index (χ1v) is 8.70. The van der Waals surface area contributed by atoms with E-state index in [2.05, 4.69) is 18.8 Å². The Balaban J connectivity index is 2.06. The molecule has 5 nitrogen and oxygen atoms in total. The summed E-state index contributed by atoms with van der Waals surface area (Å²) in [6.07, 6.45) is 4.13. The van der Waals surface area contributed by atoms with E-state index >= 15 is 0 Å². The summed E-state index contributed by atoms with van der Waals surface area (Å²) in [5.74, 6) is 1.04. The van der Waals surface area contributed by atoms with Crippen molar-refractivity contribution in [3.8, 4) is 5.75 Å². The molecule has 2 heterocycles. The average Bonchev–Trinajstić information content (AvgIpc) is 2.57. The predicted octanol–water partition coefficient (Wildman–Crippen LogP) is 3.49. The van der Waals surface area contributed by atoms with Crippen LogP contribution in [0.4, 0.5) is 0 Å². The van der Waals surface area contributed by atoms with Gasteiger partial charge in [-0.3, -0.25) is 9.78 Å². The lowest BCUT2D eigenvalue weighted by Crippen LogP contribution is -2.29. The van der Waals surface area contributed by atoms with Crippen molar-refractivity contribution in [1.29, 1.82) is 0 Å². The van der Waals surface area contributed by atoms with Crippen molar-refractivity contribution in [2.45, 2.75) is 26.3 Å². The fourth-order valence-corrected chi connectivity index (χ4v) is 3.32. The Hall–Kier alpha value is -2.11. The van der Waals surface area contributed by atoms with E-state index in [0.717, 1.165) is 22.7 Å². The van der Waals surface area contributed by atoms with E-state index in [1.807, 2.05) is 12.1 Å². The van der Waals surface area contributed by atoms with Crippen LogP contribution in [0.5, 0.6) is 5.75 Å². The zero-order valence-corrected chi connectivity index (χ0v) is 15.4. The molecule has 6 heteroatoms. The van der Waals surface area contributed by atoms with Gasteiger partial charge in [-0.2, -0.15) is 0 Å². The fraction of sp³-hybridized carbons (Fsp3) is 0.368. The number of hydrogen-bond donors (Lipinski definition) is 1.